The van der Waals surface area contributed by atoms with Gasteiger partial charge in [-0.2, -0.15) is 13.2 Å². The van der Waals surface area contributed by atoms with Gasteiger partial charge >= 0.3 is 12.1 Å². The van der Waals surface area contributed by atoms with Gasteiger partial charge in [0.25, 0.3) is 0 Å². The predicted molar refractivity (Wildman–Crippen MR) is 125 cm³/mol. The van der Waals surface area contributed by atoms with Gasteiger partial charge in [-0.1, -0.05) is 12.1 Å². The lowest BCUT2D eigenvalue weighted by atomic mass is 10.1. The molecule has 0 radical (unpaired) electrons. The number of hydrogen-bond acceptors (Lipinski definition) is 9. The quantitative estimate of drug-likeness (QED) is 0.404. The minimum atomic E-state index is -4.58. The van der Waals surface area contributed by atoms with Crippen molar-refractivity contribution in [3.05, 3.63) is 58.0 Å². The number of hydrogen-bond donors (Lipinski definition) is 4. The molecule has 10 nitrogen and oxygen atoms in total. The SMILES string of the molecule is Cc1cc2c(s1)NC(NC(Cc1ccc(O)cc1)C(=O)O)=NC2N1CCn2c(nnc2C(F)(F)F)C1. The van der Waals surface area contributed by atoms with Crippen LogP contribution in [0.25, 0.3) is 0 Å². The number of fused-ring (bicyclic) bond motifs is 2. The van der Waals surface area contributed by atoms with Crippen LogP contribution in [0.5, 0.6) is 5.75 Å². The Kier molecular flexibility index (Phi) is 6.08. The zero-order valence-electron chi connectivity index (χ0n) is 19.0. The number of phenolic OH excluding ortho intramolecular Hbond substituents is 1. The highest BCUT2D eigenvalue weighted by Crippen LogP contribution is 2.40. The van der Waals surface area contributed by atoms with Gasteiger partial charge in [0, 0.05) is 30.0 Å². The minimum Gasteiger partial charge on any atom is -0.508 e. The third-order valence-electron chi connectivity index (χ3n) is 6.01. The van der Waals surface area contributed by atoms with Crippen LogP contribution in [-0.4, -0.2) is 54.4 Å². The number of nitrogens with one attached hydrogen (secondary N) is 2. The maximum atomic E-state index is 13.2. The van der Waals surface area contributed by atoms with E-state index in [0.29, 0.717) is 5.56 Å². The summed E-state index contributed by atoms with van der Waals surface area (Å²) in [7, 11) is 0. The van der Waals surface area contributed by atoms with Gasteiger partial charge in [0.2, 0.25) is 5.82 Å². The van der Waals surface area contributed by atoms with Crippen molar-refractivity contribution >= 4 is 28.3 Å². The lowest BCUT2D eigenvalue weighted by molar-refractivity contribution is -0.148. The molecule has 0 spiro atoms. The topological polar surface area (TPSA) is 128 Å². The first-order valence-electron chi connectivity index (χ1n) is 11.0. The van der Waals surface area contributed by atoms with Gasteiger partial charge in [-0.25, -0.2) is 9.79 Å². The standard InChI is InChI=1S/C22H22F3N7O3S/c1-11-8-14-17(31-6-7-32-16(10-31)29-30-20(32)22(23,24)25)27-21(28-18(14)36-11)26-15(19(34)35)9-12-2-4-13(33)5-3-12/h2-5,8,15,17,33H,6-7,9-10H2,1H3,(H,34,35)(H2,26,27,28). The number of rotatable bonds is 5. The van der Waals surface area contributed by atoms with E-state index in [4.69, 9.17) is 4.99 Å². The average molecular weight is 522 g/mol. The molecule has 190 valence electrons. The number of aryl methyl sites for hydroxylation is 1. The number of anilines is 1. The van der Waals surface area contributed by atoms with Crippen molar-refractivity contribution in [2.24, 2.45) is 4.99 Å². The highest BCUT2D eigenvalue weighted by Gasteiger charge is 2.41. The number of thiophene rings is 1. The molecule has 0 bridgehead atoms. The van der Waals surface area contributed by atoms with Crippen LogP contribution < -0.4 is 10.6 Å². The lowest BCUT2D eigenvalue weighted by Gasteiger charge is -2.35. The Balaban J connectivity index is 1.40. The van der Waals surface area contributed by atoms with E-state index in [1.54, 1.807) is 12.1 Å². The van der Waals surface area contributed by atoms with Crippen molar-refractivity contribution in [3.8, 4) is 5.75 Å². The summed E-state index contributed by atoms with van der Waals surface area (Å²) in [6.45, 7) is 2.37. The normalized spacial score (nSPS) is 18.6. The molecule has 0 fully saturated rings. The highest BCUT2D eigenvalue weighted by molar-refractivity contribution is 7.16. The van der Waals surface area contributed by atoms with Crippen LogP contribution in [0.3, 0.4) is 0 Å². The third-order valence-corrected chi connectivity index (χ3v) is 6.99. The maximum Gasteiger partial charge on any atom is 0.451 e. The molecule has 0 aliphatic carbocycles. The van der Waals surface area contributed by atoms with E-state index in [1.165, 1.54) is 23.5 Å². The molecule has 14 heteroatoms. The van der Waals surface area contributed by atoms with E-state index in [9.17, 15) is 28.2 Å². The minimum absolute atomic E-state index is 0.0520. The van der Waals surface area contributed by atoms with Gasteiger partial charge in [-0.15, -0.1) is 21.5 Å². The maximum absolute atomic E-state index is 13.2. The largest absolute Gasteiger partial charge is 0.508 e. The zero-order valence-corrected chi connectivity index (χ0v) is 19.8. The van der Waals surface area contributed by atoms with Crippen molar-refractivity contribution in [3.63, 3.8) is 0 Å². The summed E-state index contributed by atoms with van der Waals surface area (Å²) in [5.41, 5.74) is 1.57. The first-order valence-corrected chi connectivity index (χ1v) is 11.9. The zero-order chi connectivity index (χ0) is 25.6. The van der Waals surface area contributed by atoms with Gasteiger partial charge in [0.1, 0.15) is 28.8 Å². The first-order chi connectivity index (χ1) is 17.1. The molecule has 1 aromatic carbocycles. The van der Waals surface area contributed by atoms with E-state index in [2.05, 4.69) is 20.8 Å². The number of benzene rings is 1. The smallest absolute Gasteiger partial charge is 0.451 e. The second-order valence-corrected chi connectivity index (χ2v) is 9.84. The number of aromatic nitrogens is 3. The number of guanidine groups is 1. The number of halogens is 3. The van der Waals surface area contributed by atoms with Gasteiger partial charge in [0.05, 0.1) is 6.54 Å². The molecular formula is C22H22F3N7O3S. The molecular weight excluding hydrogens is 499 g/mol. The number of aromatic hydroxyl groups is 1. The lowest BCUT2D eigenvalue weighted by Crippen LogP contribution is -2.47. The molecule has 0 saturated carbocycles. The van der Waals surface area contributed by atoms with Crippen molar-refractivity contribution in [2.75, 3.05) is 11.9 Å². The highest BCUT2D eigenvalue weighted by atomic mass is 32.1. The molecule has 2 aliphatic rings. The van der Waals surface area contributed by atoms with Crippen molar-refractivity contribution < 1.29 is 28.2 Å². The fourth-order valence-electron chi connectivity index (χ4n) is 4.33. The molecule has 3 aromatic rings. The Bertz CT molecular complexity index is 1320. The molecule has 2 aliphatic heterocycles. The van der Waals surface area contributed by atoms with E-state index in [-0.39, 0.29) is 43.6 Å². The summed E-state index contributed by atoms with van der Waals surface area (Å²) in [5, 5.41) is 33.3. The number of phenols is 1. The Morgan fingerprint density at radius 2 is 2.03 bits per heavy atom. The fourth-order valence-corrected chi connectivity index (χ4v) is 5.27. The van der Waals surface area contributed by atoms with Gasteiger partial charge in [-0.05, 0) is 30.7 Å². The number of carboxylic acids is 1. The van der Waals surface area contributed by atoms with Crippen molar-refractivity contribution in [1.29, 1.82) is 0 Å². The molecule has 5 rings (SSSR count). The van der Waals surface area contributed by atoms with E-state index in [1.807, 2.05) is 17.9 Å². The number of carbonyl (C=O) groups is 1. The Hall–Kier alpha value is -3.65. The summed E-state index contributed by atoms with van der Waals surface area (Å²) in [4.78, 5) is 19.6. The first kappa shape index (κ1) is 24.1. The summed E-state index contributed by atoms with van der Waals surface area (Å²) in [6.07, 6.45) is -4.99. The monoisotopic (exact) mass is 521 g/mol. The van der Waals surface area contributed by atoms with Gasteiger partial charge in [0.15, 0.2) is 5.96 Å². The van der Waals surface area contributed by atoms with Crippen LogP contribution in [0.15, 0.2) is 35.3 Å². The Morgan fingerprint density at radius 1 is 1.28 bits per heavy atom. The molecule has 2 aromatic heterocycles. The molecule has 2 unspecified atom stereocenters. The molecule has 2 atom stereocenters. The van der Waals surface area contributed by atoms with E-state index >= 15 is 0 Å². The average Bonchev–Trinajstić information content (AvgIpc) is 3.41. The van der Waals surface area contributed by atoms with Crippen molar-refractivity contribution in [1.82, 2.24) is 25.0 Å². The summed E-state index contributed by atoms with van der Waals surface area (Å²) < 4.78 is 40.8. The third kappa shape index (κ3) is 4.73. The van der Waals surface area contributed by atoms with E-state index < -0.39 is 30.2 Å². The fraction of sp³-hybridized carbons (Fsp3) is 0.364. The molecule has 36 heavy (non-hydrogen) atoms. The summed E-state index contributed by atoms with van der Waals surface area (Å²) in [5.74, 6) is -1.56. The molecule has 0 amide bonds. The van der Waals surface area contributed by atoms with E-state index in [0.717, 1.165) is 20.0 Å². The predicted octanol–water partition coefficient (Wildman–Crippen LogP) is 2.95. The summed E-state index contributed by atoms with van der Waals surface area (Å²) >= 11 is 1.48. The summed E-state index contributed by atoms with van der Waals surface area (Å²) in [6, 6.07) is 7.21. The Labute approximate surface area is 207 Å². The number of aliphatic carboxylic acids is 1. The Morgan fingerprint density at radius 3 is 2.72 bits per heavy atom. The number of carboxylic acid groups (broad SMARTS) is 1. The van der Waals surface area contributed by atoms with Crippen LogP contribution in [0.4, 0.5) is 18.2 Å². The number of aliphatic imine (C=N–C) groups is 1. The number of nitrogens with zero attached hydrogens (tertiary/aromatic N) is 5. The van der Waals surface area contributed by atoms with Crippen LogP contribution in [0.1, 0.15) is 33.8 Å². The number of alkyl halides is 3. The van der Waals surface area contributed by atoms with Crippen LogP contribution >= 0.6 is 11.3 Å². The second-order valence-electron chi connectivity index (χ2n) is 8.58. The van der Waals surface area contributed by atoms with Gasteiger partial charge < -0.3 is 25.4 Å². The molecule has 0 saturated heterocycles. The van der Waals surface area contributed by atoms with Crippen LogP contribution in [0.2, 0.25) is 0 Å². The second kappa shape index (κ2) is 9.09. The van der Waals surface area contributed by atoms with Crippen LogP contribution in [0, 0.1) is 6.92 Å². The van der Waals surface area contributed by atoms with Gasteiger partial charge in [-0.3, -0.25) is 4.90 Å². The van der Waals surface area contributed by atoms with Crippen molar-refractivity contribution in [2.45, 2.75) is 44.8 Å². The molecule has 4 N–H and O–H groups in total. The van der Waals surface area contributed by atoms with Crippen LogP contribution in [-0.2, 0) is 30.5 Å². The molecule has 4 heterocycles.